The van der Waals surface area contributed by atoms with Crippen molar-refractivity contribution in [2.75, 3.05) is 0 Å². The minimum atomic E-state index is -0.435. The van der Waals surface area contributed by atoms with Gasteiger partial charge in [-0.2, -0.15) is 0 Å². The van der Waals surface area contributed by atoms with Crippen LogP contribution in [0.1, 0.15) is 99.3 Å². The van der Waals surface area contributed by atoms with Crippen molar-refractivity contribution in [3.8, 4) is 0 Å². The summed E-state index contributed by atoms with van der Waals surface area (Å²) in [4.78, 5) is 46.3. The molecule has 0 amide bonds. The molecule has 37 heavy (non-hydrogen) atoms. The molecule has 0 aromatic heterocycles. The van der Waals surface area contributed by atoms with Crippen LogP contribution in [0.5, 0.6) is 0 Å². The molecule has 1 aliphatic carbocycles. The third-order valence-electron chi connectivity index (χ3n) is 6.38. The van der Waals surface area contributed by atoms with Crippen molar-refractivity contribution in [3.63, 3.8) is 0 Å². The molecule has 1 fully saturated rings. The fourth-order valence-electron chi connectivity index (χ4n) is 4.84. The largest absolute Gasteiger partial charge is 0.463 e. The van der Waals surface area contributed by atoms with Gasteiger partial charge in [0, 0.05) is 46.0 Å². The Hall–Kier alpha value is -2.64. The number of hydrogen-bond donors (Lipinski definition) is 0. The third-order valence-corrected chi connectivity index (χ3v) is 6.38. The molecular formula is C29H46O8. The van der Waals surface area contributed by atoms with Gasteiger partial charge >= 0.3 is 23.9 Å². The Morgan fingerprint density at radius 1 is 0.811 bits per heavy atom. The lowest BCUT2D eigenvalue weighted by molar-refractivity contribution is -0.150. The molecule has 0 N–H and O–H groups in total. The van der Waals surface area contributed by atoms with Crippen LogP contribution in [0.3, 0.4) is 0 Å². The molecule has 1 unspecified atom stereocenters. The van der Waals surface area contributed by atoms with E-state index in [1.807, 2.05) is 19.1 Å². The highest BCUT2D eigenvalue weighted by molar-refractivity contribution is 5.67. The van der Waals surface area contributed by atoms with Crippen molar-refractivity contribution >= 4 is 23.9 Å². The predicted molar refractivity (Wildman–Crippen MR) is 140 cm³/mol. The SMILES string of the molecule is CCCCC[C@@H](C=C[C@@H]1[C@@H](CC=CCCCC(C)OC(C)=O)[C@@H](OC(C)=O)C[C@H]1OC(C)=O)OC(C)=O. The first-order valence-corrected chi connectivity index (χ1v) is 13.6. The average Bonchev–Trinajstić information content (AvgIpc) is 3.07. The fourth-order valence-corrected chi connectivity index (χ4v) is 4.84. The number of rotatable bonds is 16. The smallest absolute Gasteiger partial charge is 0.303 e. The van der Waals surface area contributed by atoms with Crippen LogP contribution >= 0.6 is 0 Å². The van der Waals surface area contributed by atoms with Crippen LogP contribution in [0.4, 0.5) is 0 Å². The van der Waals surface area contributed by atoms with E-state index >= 15 is 0 Å². The molecule has 1 saturated carbocycles. The van der Waals surface area contributed by atoms with Crippen molar-refractivity contribution in [1.82, 2.24) is 0 Å². The molecule has 8 nitrogen and oxygen atoms in total. The van der Waals surface area contributed by atoms with E-state index in [0.717, 1.165) is 44.9 Å². The predicted octanol–water partition coefficient (Wildman–Crippen LogP) is 5.62. The second-order valence-electron chi connectivity index (χ2n) is 9.86. The van der Waals surface area contributed by atoms with Crippen molar-refractivity contribution < 1.29 is 38.1 Å². The van der Waals surface area contributed by atoms with Crippen LogP contribution in [-0.4, -0.2) is 48.3 Å². The van der Waals surface area contributed by atoms with Gasteiger partial charge in [0.1, 0.15) is 18.3 Å². The lowest BCUT2D eigenvalue weighted by atomic mass is 9.89. The van der Waals surface area contributed by atoms with E-state index < -0.39 is 12.2 Å². The van der Waals surface area contributed by atoms with Crippen LogP contribution in [0.15, 0.2) is 24.3 Å². The molecule has 1 aliphatic rings. The Bertz CT molecular complexity index is 787. The Morgan fingerprint density at radius 2 is 1.46 bits per heavy atom. The molecule has 0 bridgehead atoms. The van der Waals surface area contributed by atoms with Crippen molar-refractivity contribution in [1.29, 1.82) is 0 Å². The second-order valence-corrected chi connectivity index (χ2v) is 9.86. The minimum absolute atomic E-state index is 0.0886. The van der Waals surface area contributed by atoms with Crippen molar-refractivity contribution in [3.05, 3.63) is 24.3 Å². The van der Waals surface area contributed by atoms with E-state index in [0.29, 0.717) is 12.8 Å². The van der Waals surface area contributed by atoms with Gasteiger partial charge in [0.25, 0.3) is 0 Å². The summed E-state index contributed by atoms with van der Waals surface area (Å²) in [5, 5.41) is 0. The zero-order chi connectivity index (χ0) is 27.8. The standard InChI is InChI=1S/C29H46O8/c1-7-8-11-15-25(35-22(4)31)17-18-27-26(16-13-10-9-12-14-20(2)34-21(3)30)28(36-23(5)32)19-29(27)37-24(6)33/h10,13,17-18,20,25-29H,7-9,11-12,14-16,19H2,1-6H3/t20?,25-,26+,27+,28-,29+/m0/s1. The normalized spacial score (nSPS) is 23.1. The summed E-state index contributed by atoms with van der Waals surface area (Å²) in [5.74, 6) is -1.65. The zero-order valence-electron chi connectivity index (χ0n) is 23.4. The van der Waals surface area contributed by atoms with Gasteiger partial charge in [-0.05, 0) is 51.5 Å². The summed E-state index contributed by atoms with van der Waals surface area (Å²) in [5.41, 5.74) is 0. The van der Waals surface area contributed by atoms with Gasteiger partial charge in [-0.15, -0.1) is 0 Å². The lowest BCUT2D eigenvalue weighted by Gasteiger charge is -2.23. The highest BCUT2D eigenvalue weighted by Gasteiger charge is 2.45. The summed E-state index contributed by atoms with van der Waals surface area (Å²) in [6.07, 6.45) is 14.0. The summed E-state index contributed by atoms with van der Waals surface area (Å²) in [6.45, 7) is 9.56. The number of carbonyl (C=O) groups excluding carboxylic acids is 4. The molecule has 0 heterocycles. The van der Waals surface area contributed by atoms with E-state index in [1.165, 1.54) is 27.7 Å². The highest BCUT2D eigenvalue weighted by Crippen LogP contribution is 2.40. The maximum absolute atomic E-state index is 11.8. The van der Waals surface area contributed by atoms with Gasteiger partial charge in [-0.1, -0.05) is 38.0 Å². The number of esters is 4. The quantitative estimate of drug-likeness (QED) is 0.111. The number of carbonyl (C=O) groups is 4. The first kappa shape index (κ1) is 32.4. The van der Waals surface area contributed by atoms with Crippen LogP contribution < -0.4 is 0 Å². The van der Waals surface area contributed by atoms with Crippen LogP contribution in [0.2, 0.25) is 0 Å². The monoisotopic (exact) mass is 522 g/mol. The molecule has 0 spiro atoms. The molecule has 8 heteroatoms. The Balaban J connectivity index is 2.98. The van der Waals surface area contributed by atoms with Gasteiger partial charge in [0.05, 0.1) is 6.10 Å². The topological polar surface area (TPSA) is 105 Å². The average molecular weight is 523 g/mol. The molecule has 0 aromatic rings. The Labute approximate surface area is 222 Å². The molecular weight excluding hydrogens is 476 g/mol. The second kappa shape index (κ2) is 17.8. The summed E-state index contributed by atoms with van der Waals surface area (Å²) in [7, 11) is 0. The maximum atomic E-state index is 11.8. The molecule has 0 aliphatic heterocycles. The van der Waals surface area contributed by atoms with Crippen LogP contribution in [-0.2, 0) is 38.1 Å². The fraction of sp³-hybridized carbons (Fsp3) is 0.724. The Kier molecular flexibility index (Phi) is 15.5. The first-order chi connectivity index (χ1) is 17.5. The Morgan fingerprint density at radius 3 is 2.05 bits per heavy atom. The van der Waals surface area contributed by atoms with Gasteiger partial charge in [0.2, 0.25) is 0 Å². The van der Waals surface area contributed by atoms with Gasteiger partial charge < -0.3 is 18.9 Å². The van der Waals surface area contributed by atoms with Crippen LogP contribution in [0, 0.1) is 11.8 Å². The molecule has 6 atom stereocenters. The molecule has 210 valence electrons. The van der Waals surface area contributed by atoms with Gasteiger partial charge in [-0.3, -0.25) is 19.2 Å². The van der Waals surface area contributed by atoms with E-state index in [4.69, 9.17) is 18.9 Å². The summed E-state index contributed by atoms with van der Waals surface area (Å²) in [6, 6.07) is 0. The van der Waals surface area contributed by atoms with E-state index in [-0.39, 0.29) is 47.9 Å². The minimum Gasteiger partial charge on any atom is -0.463 e. The molecule has 1 rings (SSSR count). The zero-order valence-corrected chi connectivity index (χ0v) is 23.4. The van der Waals surface area contributed by atoms with E-state index in [2.05, 4.69) is 19.1 Å². The van der Waals surface area contributed by atoms with Gasteiger partial charge in [0.15, 0.2) is 0 Å². The molecule has 0 radical (unpaired) electrons. The van der Waals surface area contributed by atoms with Gasteiger partial charge in [-0.25, -0.2) is 0 Å². The third kappa shape index (κ3) is 14.0. The number of allylic oxidation sites excluding steroid dienone is 2. The molecule has 0 aromatic carbocycles. The van der Waals surface area contributed by atoms with E-state index in [9.17, 15) is 19.2 Å². The highest BCUT2D eigenvalue weighted by atomic mass is 16.6. The first-order valence-electron chi connectivity index (χ1n) is 13.6. The van der Waals surface area contributed by atoms with Crippen LogP contribution in [0.25, 0.3) is 0 Å². The van der Waals surface area contributed by atoms with Crippen molar-refractivity contribution in [2.24, 2.45) is 11.8 Å². The maximum Gasteiger partial charge on any atom is 0.303 e. The number of hydrogen-bond acceptors (Lipinski definition) is 8. The molecule has 0 saturated heterocycles. The van der Waals surface area contributed by atoms with E-state index in [1.54, 1.807) is 0 Å². The number of ether oxygens (including phenoxy) is 4. The number of unbranched alkanes of at least 4 members (excludes halogenated alkanes) is 3. The summed E-state index contributed by atoms with van der Waals surface area (Å²) >= 11 is 0. The van der Waals surface area contributed by atoms with Crippen molar-refractivity contribution in [2.45, 2.75) is 124 Å². The lowest BCUT2D eigenvalue weighted by Crippen LogP contribution is -2.25. The summed E-state index contributed by atoms with van der Waals surface area (Å²) < 4.78 is 21.9.